The van der Waals surface area contributed by atoms with Crippen molar-refractivity contribution in [3.8, 4) is 5.75 Å². The lowest BCUT2D eigenvalue weighted by Crippen LogP contribution is -2.54. The number of nitrogens with zero attached hydrogens (tertiary/aromatic N) is 3. The lowest BCUT2D eigenvalue weighted by molar-refractivity contribution is 0.0904. The summed E-state index contributed by atoms with van der Waals surface area (Å²) in [6.07, 6.45) is 0.0336. The summed E-state index contributed by atoms with van der Waals surface area (Å²) < 4.78 is 37.6. The number of hydrogen-bond donors (Lipinski definition) is 1. The van der Waals surface area contributed by atoms with Crippen molar-refractivity contribution in [2.75, 3.05) is 58.7 Å². The molecule has 0 radical (unpaired) electrons. The Morgan fingerprint density at radius 1 is 1.20 bits per heavy atom. The fourth-order valence-electron chi connectivity index (χ4n) is 3.07. The zero-order chi connectivity index (χ0) is 21.3. The van der Waals surface area contributed by atoms with Crippen LogP contribution in [0, 0.1) is 6.92 Å². The molecule has 1 fully saturated rings. The molecule has 1 aliphatic rings. The fraction of sp³-hybridized carbons (Fsp3) is 0.650. The maximum absolute atomic E-state index is 12.4. The Kier molecular flexibility index (Phi) is 12.0. The van der Waals surface area contributed by atoms with E-state index in [9.17, 15) is 8.42 Å². The number of sulfonamides is 1. The number of hydrogen-bond acceptors (Lipinski definition) is 5. The first-order valence-electron chi connectivity index (χ1n) is 10.1. The van der Waals surface area contributed by atoms with Crippen molar-refractivity contribution in [2.24, 2.45) is 4.99 Å². The maximum atomic E-state index is 12.4. The molecule has 0 atom stereocenters. The lowest BCUT2D eigenvalue weighted by atomic mass is 10.2. The number of ether oxygens (including phenoxy) is 2. The number of piperazine rings is 1. The largest absolute Gasteiger partial charge is 0.492 e. The van der Waals surface area contributed by atoms with Gasteiger partial charge in [0.25, 0.3) is 0 Å². The first-order chi connectivity index (χ1) is 13.8. The van der Waals surface area contributed by atoms with Crippen molar-refractivity contribution in [1.29, 1.82) is 0 Å². The van der Waals surface area contributed by atoms with Crippen LogP contribution in [-0.4, -0.2) is 88.4 Å². The zero-order valence-corrected chi connectivity index (χ0v) is 21.5. The highest BCUT2D eigenvalue weighted by atomic mass is 127. The molecule has 0 saturated carbocycles. The van der Waals surface area contributed by atoms with E-state index >= 15 is 0 Å². The molecule has 1 heterocycles. The van der Waals surface area contributed by atoms with Gasteiger partial charge in [-0.1, -0.05) is 12.1 Å². The Bertz CT molecular complexity index is 766. The molecule has 0 spiro atoms. The molecule has 1 aliphatic heterocycles. The number of halogens is 1. The van der Waals surface area contributed by atoms with Crippen molar-refractivity contribution in [2.45, 2.75) is 26.9 Å². The van der Waals surface area contributed by atoms with Crippen molar-refractivity contribution in [3.63, 3.8) is 0 Å². The monoisotopic (exact) mass is 554 g/mol. The van der Waals surface area contributed by atoms with Gasteiger partial charge < -0.3 is 19.7 Å². The molecule has 1 N–H and O–H groups in total. The van der Waals surface area contributed by atoms with Crippen LogP contribution in [0.3, 0.4) is 0 Å². The highest BCUT2D eigenvalue weighted by Gasteiger charge is 2.27. The van der Waals surface area contributed by atoms with E-state index in [1.54, 1.807) is 11.4 Å². The molecule has 0 amide bonds. The second-order valence-electron chi connectivity index (χ2n) is 7.26. The van der Waals surface area contributed by atoms with E-state index in [0.717, 1.165) is 17.3 Å². The summed E-state index contributed by atoms with van der Waals surface area (Å²) in [6.45, 7) is 9.29. The van der Waals surface area contributed by atoms with Crippen molar-refractivity contribution >= 4 is 40.0 Å². The topological polar surface area (TPSA) is 83.5 Å². The standard InChI is InChI=1S/C20H34N4O4S.HI/c1-17(2)27-14-15-29(25,26)24-11-9-23(10-12-24)20(21-4)22-8-13-28-19-7-5-6-18(3)16-19;/h5-7,16-17H,8-15H2,1-4H3,(H,21,22);1H. The normalized spacial score (nSPS) is 15.8. The zero-order valence-electron chi connectivity index (χ0n) is 18.3. The highest BCUT2D eigenvalue weighted by Crippen LogP contribution is 2.12. The first-order valence-corrected chi connectivity index (χ1v) is 11.7. The van der Waals surface area contributed by atoms with Crippen LogP contribution in [0.2, 0.25) is 0 Å². The number of aryl methyl sites for hydroxylation is 1. The van der Waals surface area contributed by atoms with Gasteiger partial charge in [0.05, 0.1) is 25.0 Å². The van der Waals surface area contributed by atoms with Gasteiger partial charge in [-0.25, -0.2) is 8.42 Å². The summed E-state index contributed by atoms with van der Waals surface area (Å²) >= 11 is 0. The van der Waals surface area contributed by atoms with Gasteiger partial charge in [0.1, 0.15) is 12.4 Å². The van der Waals surface area contributed by atoms with Crippen molar-refractivity contribution in [1.82, 2.24) is 14.5 Å². The Labute approximate surface area is 198 Å². The smallest absolute Gasteiger partial charge is 0.216 e. The second kappa shape index (κ2) is 13.3. The van der Waals surface area contributed by atoms with Gasteiger partial charge in [-0.15, -0.1) is 24.0 Å². The molecular formula is C20H35IN4O4S. The third-order valence-electron chi connectivity index (χ3n) is 4.58. The van der Waals surface area contributed by atoms with E-state index in [4.69, 9.17) is 9.47 Å². The molecule has 172 valence electrons. The number of guanidine groups is 1. The molecule has 0 aromatic heterocycles. The van der Waals surface area contributed by atoms with E-state index in [1.165, 1.54) is 0 Å². The van der Waals surface area contributed by atoms with Gasteiger partial charge in [-0.05, 0) is 38.5 Å². The summed E-state index contributed by atoms with van der Waals surface area (Å²) in [7, 11) is -1.56. The average Bonchev–Trinajstić information content (AvgIpc) is 2.68. The second-order valence-corrected chi connectivity index (χ2v) is 9.35. The highest BCUT2D eigenvalue weighted by molar-refractivity contribution is 14.0. The molecule has 1 aromatic carbocycles. The molecule has 10 heteroatoms. The molecule has 1 saturated heterocycles. The van der Waals surface area contributed by atoms with Crippen molar-refractivity contribution in [3.05, 3.63) is 29.8 Å². The minimum Gasteiger partial charge on any atom is -0.492 e. The SMILES string of the molecule is CN=C(NCCOc1cccc(C)c1)N1CCN(S(=O)(=O)CCOC(C)C)CC1.I. The van der Waals surface area contributed by atoms with Crippen LogP contribution in [0.1, 0.15) is 19.4 Å². The van der Waals surface area contributed by atoms with Crippen LogP contribution >= 0.6 is 24.0 Å². The Morgan fingerprint density at radius 2 is 1.90 bits per heavy atom. The molecule has 30 heavy (non-hydrogen) atoms. The Hall–Kier alpha value is -1.11. The summed E-state index contributed by atoms with van der Waals surface area (Å²) in [4.78, 5) is 6.39. The Morgan fingerprint density at radius 3 is 2.50 bits per heavy atom. The third kappa shape index (κ3) is 8.94. The van der Waals surface area contributed by atoms with Crippen LogP contribution in [0.15, 0.2) is 29.3 Å². The van der Waals surface area contributed by atoms with E-state index in [0.29, 0.717) is 39.3 Å². The van der Waals surface area contributed by atoms with Gasteiger partial charge in [0, 0.05) is 33.2 Å². The van der Waals surface area contributed by atoms with E-state index in [-0.39, 0.29) is 42.4 Å². The summed E-state index contributed by atoms with van der Waals surface area (Å²) in [5.41, 5.74) is 1.16. The number of aliphatic imine (C=N–C) groups is 1. The van der Waals surface area contributed by atoms with Crippen LogP contribution in [0.4, 0.5) is 0 Å². The van der Waals surface area contributed by atoms with Gasteiger partial charge in [-0.3, -0.25) is 4.99 Å². The van der Waals surface area contributed by atoms with E-state index in [2.05, 4.69) is 15.2 Å². The van der Waals surface area contributed by atoms with Gasteiger partial charge in [-0.2, -0.15) is 4.31 Å². The average molecular weight is 554 g/mol. The van der Waals surface area contributed by atoms with Crippen molar-refractivity contribution < 1.29 is 17.9 Å². The predicted octanol–water partition coefficient (Wildman–Crippen LogP) is 1.94. The van der Waals surface area contributed by atoms with E-state index in [1.807, 2.05) is 45.0 Å². The number of benzene rings is 1. The summed E-state index contributed by atoms with van der Waals surface area (Å²) in [5, 5.41) is 3.29. The molecule has 8 nitrogen and oxygen atoms in total. The van der Waals surface area contributed by atoms with Gasteiger partial charge in [0.15, 0.2) is 5.96 Å². The maximum Gasteiger partial charge on any atom is 0.216 e. The number of rotatable bonds is 9. The molecule has 1 aromatic rings. The first kappa shape index (κ1) is 26.9. The number of nitrogens with one attached hydrogen (secondary N) is 1. The van der Waals surface area contributed by atoms with Crippen LogP contribution in [0.25, 0.3) is 0 Å². The molecule has 2 rings (SSSR count). The van der Waals surface area contributed by atoms with E-state index < -0.39 is 10.0 Å². The van der Waals surface area contributed by atoms with Gasteiger partial charge in [0.2, 0.25) is 10.0 Å². The molecule has 0 bridgehead atoms. The minimum atomic E-state index is -3.29. The molecule has 0 aliphatic carbocycles. The molecule has 0 unspecified atom stereocenters. The lowest BCUT2D eigenvalue weighted by Gasteiger charge is -2.35. The van der Waals surface area contributed by atoms with Crippen LogP contribution in [0.5, 0.6) is 5.75 Å². The van der Waals surface area contributed by atoms with Crippen LogP contribution < -0.4 is 10.1 Å². The minimum absolute atomic E-state index is 0. The van der Waals surface area contributed by atoms with Crippen LogP contribution in [-0.2, 0) is 14.8 Å². The Balaban J connectivity index is 0.00000450. The summed E-state index contributed by atoms with van der Waals surface area (Å²) in [5.74, 6) is 1.63. The summed E-state index contributed by atoms with van der Waals surface area (Å²) in [6, 6.07) is 7.94. The van der Waals surface area contributed by atoms with Gasteiger partial charge >= 0.3 is 0 Å². The fourth-order valence-corrected chi connectivity index (χ4v) is 4.35. The molecular weight excluding hydrogens is 519 g/mol. The third-order valence-corrected chi connectivity index (χ3v) is 6.41. The predicted molar refractivity (Wildman–Crippen MR) is 131 cm³/mol. The quantitative estimate of drug-likeness (QED) is 0.218.